The minimum Gasteiger partial charge on any atom is -0.339 e. The molecule has 4 rings (SSSR count). The molecule has 4 aliphatic rings. The summed E-state index contributed by atoms with van der Waals surface area (Å²) >= 11 is 0. The average molecular weight is 377 g/mol. The van der Waals surface area contributed by atoms with Crippen molar-refractivity contribution in [1.29, 1.82) is 0 Å². The van der Waals surface area contributed by atoms with Crippen molar-refractivity contribution in [2.45, 2.75) is 44.2 Å². The summed E-state index contributed by atoms with van der Waals surface area (Å²) in [6.07, 6.45) is 3.54. The molecule has 4 fully saturated rings. The van der Waals surface area contributed by atoms with Gasteiger partial charge in [-0.3, -0.25) is 19.3 Å². The first-order valence-electron chi connectivity index (χ1n) is 9.82. The van der Waals surface area contributed by atoms with Crippen molar-refractivity contribution in [2.24, 2.45) is 5.92 Å². The van der Waals surface area contributed by atoms with Gasteiger partial charge >= 0.3 is 6.03 Å². The number of carbonyl (C=O) groups is 4. The van der Waals surface area contributed by atoms with Gasteiger partial charge in [-0.15, -0.1) is 0 Å². The highest BCUT2D eigenvalue weighted by Crippen LogP contribution is 2.42. The number of piperazine rings is 1. The van der Waals surface area contributed by atoms with Crippen LogP contribution in [0.4, 0.5) is 4.79 Å². The fraction of sp³-hybridized carbons (Fsp3) is 0.778. The van der Waals surface area contributed by atoms with Crippen molar-refractivity contribution < 1.29 is 19.2 Å². The van der Waals surface area contributed by atoms with Crippen LogP contribution in [0.2, 0.25) is 0 Å². The lowest BCUT2D eigenvalue weighted by Gasteiger charge is -2.41. The molecule has 0 aromatic rings. The molecule has 2 N–H and O–H groups in total. The Balaban J connectivity index is 1.38. The predicted molar refractivity (Wildman–Crippen MR) is 95.6 cm³/mol. The van der Waals surface area contributed by atoms with Crippen LogP contribution in [-0.4, -0.2) is 89.3 Å². The number of imide groups is 1. The minimum absolute atomic E-state index is 0.0112. The van der Waals surface area contributed by atoms with Crippen LogP contribution in [0, 0.1) is 5.92 Å². The highest BCUT2D eigenvalue weighted by Gasteiger charge is 2.56. The molecule has 2 atom stereocenters. The normalized spacial score (nSPS) is 32.1. The Kier molecular flexibility index (Phi) is 4.57. The van der Waals surface area contributed by atoms with Gasteiger partial charge in [-0.25, -0.2) is 4.79 Å². The number of nitrogens with one attached hydrogen (secondary N) is 2. The van der Waals surface area contributed by atoms with E-state index in [1.807, 2.05) is 4.90 Å². The lowest BCUT2D eigenvalue weighted by molar-refractivity contribution is -0.142. The number of hydrogen-bond acceptors (Lipinski definition) is 5. The van der Waals surface area contributed by atoms with Crippen LogP contribution in [0.5, 0.6) is 0 Å². The van der Waals surface area contributed by atoms with Crippen LogP contribution in [0.25, 0.3) is 0 Å². The SMILES string of the molecule is CC1(C2CC2)NC(=O)N(CC(=O)N2CCCC(N3CCNCC3=O)C2)C1=O. The molecule has 0 aromatic carbocycles. The number of likely N-dealkylation sites (tertiary alicyclic amines) is 1. The van der Waals surface area contributed by atoms with Crippen molar-refractivity contribution in [3.63, 3.8) is 0 Å². The van der Waals surface area contributed by atoms with Gasteiger partial charge in [0.1, 0.15) is 12.1 Å². The standard InChI is InChI=1S/C18H27N5O4/c1-18(12-4-5-12)16(26)23(17(27)20-18)11-15(25)21-7-2-3-13(10-21)22-8-6-19-9-14(22)24/h12-13,19H,2-11H2,1H3,(H,20,27). The molecular formula is C18H27N5O4. The molecule has 3 saturated heterocycles. The minimum atomic E-state index is -0.866. The highest BCUT2D eigenvalue weighted by atomic mass is 16.2. The van der Waals surface area contributed by atoms with Crippen LogP contribution < -0.4 is 10.6 Å². The van der Waals surface area contributed by atoms with Gasteiger partial charge in [-0.2, -0.15) is 0 Å². The fourth-order valence-corrected chi connectivity index (χ4v) is 4.47. The van der Waals surface area contributed by atoms with Gasteiger partial charge in [-0.05, 0) is 38.5 Å². The molecule has 0 aromatic heterocycles. The van der Waals surface area contributed by atoms with Gasteiger partial charge in [0.05, 0.1) is 6.54 Å². The number of amides is 5. The quantitative estimate of drug-likeness (QED) is 0.620. The van der Waals surface area contributed by atoms with E-state index in [2.05, 4.69) is 10.6 Å². The van der Waals surface area contributed by atoms with Crippen LogP contribution >= 0.6 is 0 Å². The van der Waals surface area contributed by atoms with Gasteiger partial charge < -0.3 is 20.4 Å². The van der Waals surface area contributed by atoms with Crippen LogP contribution in [0.3, 0.4) is 0 Å². The Morgan fingerprint density at radius 1 is 1.19 bits per heavy atom. The molecule has 0 radical (unpaired) electrons. The maximum Gasteiger partial charge on any atom is 0.325 e. The highest BCUT2D eigenvalue weighted by molar-refractivity contribution is 6.09. The zero-order valence-electron chi connectivity index (χ0n) is 15.7. The van der Waals surface area contributed by atoms with E-state index in [0.29, 0.717) is 26.2 Å². The zero-order chi connectivity index (χ0) is 19.2. The molecule has 3 heterocycles. The molecule has 5 amide bonds. The lowest BCUT2D eigenvalue weighted by atomic mass is 9.96. The summed E-state index contributed by atoms with van der Waals surface area (Å²) in [7, 11) is 0. The predicted octanol–water partition coefficient (Wildman–Crippen LogP) is -0.870. The first-order chi connectivity index (χ1) is 12.9. The number of nitrogens with zero attached hydrogens (tertiary/aromatic N) is 3. The maximum absolute atomic E-state index is 12.8. The second-order valence-corrected chi connectivity index (χ2v) is 8.20. The van der Waals surface area contributed by atoms with Crippen molar-refractivity contribution in [3.8, 4) is 0 Å². The molecule has 1 saturated carbocycles. The Morgan fingerprint density at radius 3 is 2.67 bits per heavy atom. The second kappa shape index (κ2) is 6.78. The third-order valence-electron chi connectivity index (χ3n) is 6.30. The lowest BCUT2D eigenvalue weighted by Crippen LogP contribution is -2.58. The van der Waals surface area contributed by atoms with E-state index in [0.717, 1.165) is 37.1 Å². The summed E-state index contributed by atoms with van der Waals surface area (Å²) in [5.41, 5.74) is -0.866. The molecule has 3 aliphatic heterocycles. The summed E-state index contributed by atoms with van der Waals surface area (Å²) in [6.45, 7) is 4.34. The zero-order valence-corrected chi connectivity index (χ0v) is 15.7. The average Bonchev–Trinajstić information content (AvgIpc) is 3.48. The van der Waals surface area contributed by atoms with Crippen molar-refractivity contribution in [1.82, 2.24) is 25.3 Å². The van der Waals surface area contributed by atoms with Gasteiger partial charge in [0.2, 0.25) is 11.8 Å². The molecule has 1 aliphatic carbocycles. The number of hydrogen-bond donors (Lipinski definition) is 2. The van der Waals surface area contributed by atoms with Crippen molar-refractivity contribution >= 4 is 23.8 Å². The molecule has 9 nitrogen and oxygen atoms in total. The molecule has 0 spiro atoms. The first-order valence-corrected chi connectivity index (χ1v) is 9.82. The van der Waals surface area contributed by atoms with E-state index in [1.54, 1.807) is 11.8 Å². The summed E-state index contributed by atoms with van der Waals surface area (Å²) in [6, 6.07) is -0.467. The summed E-state index contributed by atoms with van der Waals surface area (Å²) in [4.78, 5) is 54.5. The van der Waals surface area contributed by atoms with E-state index in [-0.39, 0.29) is 36.2 Å². The van der Waals surface area contributed by atoms with Gasteiger partial charge in [0.15, 0.2) is 0 Å². The van der Waals surface area contributed by atoms with Crippen LogP contribution in [-0.2, 0) is 14.4 Å². The molecule has 27 heavy (non-hydrogen) atoms. The van der Waals surface area contributed by atoms with Gasteiger partial charge in [-0.1, -0.05) is 0 Å². The molecule has 2 unspecified atom stereocenters. The third-order valence-corrected chi connectivity index (χ3v) is 6.30. The van der Waals surface area contributed by atoms with E-state index in [1.165, 1.54) is 0 Å². The Labute approximate surface area is 158 Å². The Bertz CT molecular complexity index is 679. The topological polar surface area (TPSA) is 102 Å². The van der Waals surface area contributed by atoms with E-state index in [9.17, 15) is 19.2 Å². The summed E-state index contributed by atoms with van der Waals surface area (Å²) in [5.74, 6) is -0.290. The Hall–Kier alpha value is -2.16. The number of carbonyl (C=O) groups excluding carboxylic acids is 4. The molecular weight excluding hydrogens is 350 g/mol. The summed E-state index contributed by atoms with van der Waals surface area (Å²) in [5, 5.41) is 5.83. The smallest absolute Gasteiger partial charge is 0.325 e. The largest absolute Gasteiger partial charge is 0.339 e. The number of piperidine rings is 1. The van der Waals surface area contributed by atoms with E-state index >= 15 is 0 Å². The number of rotatable bonds is 4. The molecule has 148 valence electrons. The van der Waals surface area contributed by atoms with Crippen molar-refractivity contribution in [2.75, 3.05) is 39.3 Å². The van der Waals surface area contributed by atoms with Crippen LogP contribution in [0.1, 0.15) is 32.6 Å². The van der Waals surface area contributed by atoms with Gasteiger partial charge in [0, 0.05) is 32.2 Å². The summed E-state index contributed by atoms with van der Waals surface area (Å²) < 4.78 is 0. The fourth-order valence-electron chi connectivity index (χ4n) is 4.47. The van der Waals surface area contributed by atoms with Crippen molar-refractivity contribution in [3.05, 3.63) is 0 Å². The third kappa shape index (κ3) is 3.28. The van der Waals surface area contributed by atoms with Crippen LogP contribution in [0.15, 0.2) is 0 Å². The Morgan fingerprint density at radius 2 is 1.96 bits per heavy atom. The monoisotopic (exact) mass is 377 g/mol. The number of urea groups is 1. The van der Waals surface area contributed by atoms with E-state index < -0.39 is 11.6 Å². The second-order valence-electron chi connectivity index (χ2n) is 8.20. The first kappa shape index (κ1) is 18.2. The van der Waals surface area contributed by atoms with E-state index in [4.69, 9.17) is 0 Å². The molecule has 0 bridgehead atoms. The maximum atomic E-state index is 12.8. The molecule has 9 heteroatoms. The van der Waals surface area contributed by atoms with Gasteiger partial charge in [0.25, 0.3) is 5.91 Å².